The Morgan fingerprint density at radius 2 is 2.20 bits per heavy atom. The number of hydrogen-bond donors (Lipinski definition) is 1. The van der Waals surface area contributed by atoms with Crippen LogP contribution in [-0.2, 0) is 34.6 Å². The topological polar surface area (TPSA) is 86.3 Å². The standard InChI is InChI=1S/C22H28ClN5O2/c1-15-11-22(19-10-17(23)3-2-16(19)4-9-30-22)7-8-27(15)12-18-13-28(26-25-18)14-21(5-6-21)20(24)29/h2-3,10,13,15H,4-9,11-12,14H2,1H3,(H2,24,29)/t15-,22+/m0/s1. The number of halogens is 1. The van der Waals surface area contributed by atoms with Crippen LogP contribution in [0.25, 0.3) is 0 Å². The number of nitrogens with two attached hydrogens (primary N) is 1. The maximum Gasteiger partial charge on any atom is 0.225 e. The predicted octanol–water partition coefficient (Wildman–Crippen LogP) is 2.65. The van der Waals surface area contributed by atoms with Crippen molar-refractivity contribution in [3.05, 3.63) is 46.2 Å². The molecule has 2 aromatic rings. The third kappa shape index (κ3) is 3.53. The van der Waals surface area contributed by atoms with Gasteiger partial charge in [-0.3, -0.25) is 14.4 Å². The van der Waals surface area contributed by atoms with E-state index in [1.165, 1.54) is 11.1 Å². The van der Waals surface area contributed by atoms with Crippen LogP contribution in [0.2, 0.25) is 5.02 Å². The van der Waals surface area contributed by atoms with E-state index in [0.717, 1.165) is 62.5 Å². The second-order valence-corrected chi connectivity index (χ2v) is 9.66. The summed E-state index contributed by atoms with van der Waals surface area (Å²) in [6, 6.07) is 6.56. The van der Waals surface area contributed by atoms with E-state index in [0.29, 0.717) is 12.6 Å². The first kappa shape index (κ1) is 20.0. The highest BCUT2D eigenvalue weighted by molar-refractivity contribution is 6.30. The lowest BCUT2D eigenvalue weighted by molar-refractivity contribution is -0.123. The minimum atomic E-state index is -0.414. The van der Waals surface area contributed by atoms with E-state index in [1.807, 2.05) is 12.3 Å². The van der Waals surface area contributed by atoms with E-state index in [-0.39, 0.29) is 11.5 Å². The molecule has 2 atom stereocenters. The number of hydrogen-bond acceptors (Lipinski definition) is 5. The van der Waals surface area contributed by atoms with Crippen molar-refractivity contribution < 1.29 is 9.53 Å². The fraction of sp³-hybridized carbons (Fsp3) is 0.591. The number of fused-ring (bicyclic) bond motifs is 2. The summed E-state index contributed by atoms with van der Waals surface area (Å²) in [5, 5.41) is 9.34. The van der Waals surface area contributed by atoms with Crippen LogP contribution in [-0.4, -0.2) is 45.0 Å². The first-order valence-corrected chi connectivity index (χ1v) is 11.1. The van der Waals surface area contributed by atoms with E-state index in [2.05, 4.69) is 34.3 Å². The van der Waals surface area contributed by atoms with Gasteiger partial charge in [0.15, 0.2) is 0 Å². The number of carbonyl (C=O) groups is 1. The molecule has 1 aliphatic carbocycles. The predicted molar refractivity (Wildman–Crippen MR) is 113 cm³/mol. The molecule has 160 valence electrons. The Morgan fingerprint density at radius 3 is 2.93 bits per heavy atom. The van der Waals surface area contributed by atoms with Crippen LogP contribution in [0, 0.1) is 5.41 Å². The monoisotopic (exact) mass is 429 g/mol. The fourth-order valence-electron chi connectivity index (χ4n) is 5.13. The van der Waals surface area contributed by atoms with Gasteiger partial charge in [0, 0.05) is 30.4 Å². The van der Waals surface area contributed by atoms with Crippen molar-refractivity contribution in [1.82, 2.24) is 19.9 Å². The molecule has 5 rings (SSSR count). The molecule has 0 radical (unpaired) electrons. The fourth-order valence-corrected chi connectivity index (χ4v) is 5.30. The molecular formula is C22H28ClN5O2. The van der Waals surface area contributed by atoms with Gasteiger partial charge < -0.3 is 10.5 Å². The third-order valence-electron chi connectivity index (χ3n) is 7.16. The highest BCUT2D eigenvalue weighted by Gasteiger charge is 2.49. The van der Waals surface area contributed by atoms with Crippen molar-refractivity contribution in [3.8, 4) is 0 Å². The number of rotatable bonds is 5. The molecular weight excluding hydrogens is 402 g/mol. The number of ether oxygens (including phenoxy) is 1. The zero-order valence-electron chi connectivity index (χ0n) is 17.3. The lowest BCUT2D eigenvalue weighted by atomic mass is 9.77. The Hall–Kier alpha value is -1.96. The molecule has 2 aliphatic heterocycles. The molecule has 1 saturated heterocycles. The number of aromatic nitrogens is 3. The van der Waals surface area contributed by atoms with E-state index in [1.54, 1.807) is 4.68 Å². The molecule has 8 heteroatoms. The van der Waals surface area contributed by atoms with Gasteiger partial charge in [-0.1, -0.05) is 22.9 Å². The van der Waals surface area contributed by atoms with E-state index < -0.39 is 5.41 Å². The molecule has 30 heavy (non-hydrogen) atoms. The Labute approximate surface area is 181 Å². The smallest absolute Gasteiger partial charge is 0.225 e. The lowest BCUT2D eigenvalue weighted by Crippen LogP contribution is -2.50. The first-order valence-electron chi connectivity index (χ1n) is 10.8. The molecule has 0 bridgehead atoms. The minimum Gasteiger partial charge on any atom is -0.370 e. The molecule has 1 amide bonds. The van der Waals surface area contributed by atoms with E-state index in [9.17, 15) is 4.79 Å². The van der Waals surface area contributed by atoms with Crippen LogP contribution in [0.3, 0.4) is 0 Å². The Morgan fingerprint density at radius 1 is 1.37 bits per heavy atom. The zero-order chi connectivity index (χ0) is 20.9. The number of carbonyl (C=O) groups excluding carboxylic acids is 1. The summed E-state index contributed by atoms with van der Waals surface area (Å²) in [6.07, 6.45) is 6.44. The number of nitrogens with zero attached hydrogens (tertiary/aromatic N) is 4. The van der Waals surface area contributed by atoms with Gasteiger partial charge in [-0.15, -0.1) is 5.10 Å². The molecule has 2 fully saturated rings. The lowest BCUT2D eigenvalue weighted by Gasteiger charge is -2.48. The van der Waals surface area contributed by atoms with Crippen molar-refractivity contribution in [2.24, 2.45) is 11.1 Å². The number of likely N-dealkylation sites (tertiary alicyclic amines) is 1. The third-order valence-corrected chi connectivity index (χ3v) is 7.39. The number of benzene rings is 1. The highest BCUT2D eigenvalue weighted by Crippen LogP contribution is 2.47. The van der Waals surface area contributed by atoms with Gasteiger partial charge in [-0.25, -0.2) is 0 Å². The number of piperidine rings is 1. The van der Waals surface area contributed by atoms with Crippen molar-refractivity contribution in [1.29, 1.82) is 0 Å². The summed E-state index contributed by atoms with van der Waals surface area (Å²) in [4.78, 5) is 14.1. The first-order chi connectivity index (χ1) is 14.4. The summed E-state index contributed by atoms with van der Waals surface area (Å²) in [6.45, 7) is 5.20. The Balaban J connectivity index is 1.27. The van der Waals surface area contributed by atoms with Gasteiger partial charge in [0.25, 0.3) is 0 Å². The van der Waals surface area contributed by atoms with Gasteiger partial charge in [0.2, 0.25) is 5.91 Å². The largest absolute Gasteiger partial charge is 0.370 e. The molecule has 2 N–H and O–H groups in total. The van der Waals surface area contributed by atoms with Crippen molar-refractivity contribution in [2.45, 2.75) is 63.8 Å². The molecule has 7 nitrogen and oxygen atoms in total. The zero-order valence-corrected chi connectivity index (χ0v) is 18.1. The van der Waals surface area contributed by atoms with Crippen molar-refractivity contribution in [2.75, 3.05) is 13.2 Å². The van der Waals surface area contributed by atoms with Crippen molar-refractivity contribution >= 4 is 17.5 Å². The highest BCUT2D eigenvalue weighted by atomic mass is 35.5. The number of primary amides is 1. The van der Waals surface area contributed by atoms with Crippen LogP contribution in [0.15, 0.2) is 24.4 Å². The SMILES string of the molecule is C[C@H]1C[C@@]2(CCN1Cc1cn(CC3(C(N)=O)CC3)nn1)OCCc1ccc(Cl)cc12. The van der Waals surface area contributed by atoms with Gasteiger partial charge in [0.05, 0.1) is 29.9 Å². The quantitative estimate of drug-likeness (QED) is 0.789. The van der Waals surface area contributed by atoms with Crippen LogP contribution < -0.4 is 5.73 Å². The molecule has 1 saturated carbocycles. The molecule has 3 heterocycles. The van der Waals surface area contributed by atoms with Crippen LogP contribution >= 0.6 is 11.6 Å². The normalized spacial score (nSPS) is 27.7. The van der Waals surface area contributed by atoms with E-state index in [4.69, 9.17) is 22.1 Å². The molecule has 0 unspecified atom stereocenters. The van der Waals surface area contributed by atoms with Gasteiger partial charge >= 0.3 is 0 Å². The molecule has 1 aromatic heterocycles. The van der Waals surface area contributed by atoms with Crippen LogP contribution in [0.4, 0.5) is 0 Å². The van der Waals surface area contributed by atoms with Gasteiger partial charge in [-0.05, 0) is 62.3 Å². The van der Waals surface area contributed by atoms with Crippen LogP contribution in [0.5, 0.6) is 0 Å². The second-order valence-electron chi connectivity index (χ2n) is 9.22. The average molecular weight is 430 g/mol. The minimum absolute atomic E-state index is 0.234. The summed E-state index contributed by atoms with van der Waals surface area (Å²) in [5.41, 5.74) is 8.42. The molecule has 3 aliphatic rings. The maximum absolute atomic E-state index is 11.6. The average Bonchev–Trinajstić information content (AvgIpc) is 3.37. The van der Waals surface area contributed by atoms with Crippen LogP contribution in [0.1, 0.15) is 49.4 Å². The van der Waals surface area contributed by atoms with Gasteiger partial charge in [-0.2, -0.15) is 0 Å². The summed E-state index contributed by atoms with van der Waals surface area (Å²) in [7, 11) is 0. The number of amides is 1. The summed E-state index contributed by atoms with van der Waals surface area (Å²) >= 11 is 6.31. The Bertz CT molecular complexity index is 972. The molecule has 1 aromatic carbocycles. The molecule has 1 spiro atoms. The van der Waals surface area contributed by atoms with Crippen molar-refractivity contribution in [3.63, 3.8) is 0 Å². The summed E-state index contributed by atoms with van der Waals surface area (Å²) < 4.78 is 8.15. The maximum atomic E-state index is 11.6. The summed E-state index contributed by atoms with van der Waals surface area (Å²) in [5.74, 6) is -0.234. The van der Waals surface area contributed by atoms with Gasteiger partial charge in [0.1, 0.15) is 0 Å². The Kier molecular flexibility index (Phi) is 4.87. The second kappa shape index (κ2) is 7.32. The van der Waals surface area contributed by atoms with E-state index >= 15 is 0 Å².